The van der Waals surface area contributed by atoms with E-state index in [0.29, 0.717) is 5.92 Å². The molecule has 0 aromatic carbocycles. The van der Waals surface area contributed by atoms with Gasteiger partial charge >= 0.3 is 6.09 Å². The Morgan fingerprint density at radius 2 is 1.84 bits per heavy atom. The van der Waals surface area contributed by atoms with Gasteiger partial charge in [0.05, 0.1) is 29.9 Å². The zero-order chi connectivity index (χ0) is 22.1. The van der Waals surface area contributed by atoms with E-state index in [1.54, 1.807) is 0 Å². The Morgan fingerprint density at radius 1 is 1.06 bits per heavy atom. The number of aromatic nitrogens is 3. The number of rotatable bonds is 3. The second-order valence-electron chi connectivity index (χ2n) is 10.7. The summed E-state index contributed by atoms with van der Waals surface area (Å²) >= 11 is 0. The molecule has 2 aliphatic heterocycles. The van der Waals surface area contributed by atoms with Crippen LogP contribution >= 0.6 is 0 Å². The predicted molar refractivity (Wildman–Crippen MR) is 123 cm³/mol. The topological polar surface area (TPSA) is 63.0 Å². The smallest absolute Gasteiger partial charge is 0.410 e. The van der Waals surface area contributed by atoms with Gasteiger partial charge in [0.1, 0.15) is 5.60 Å². The third-order valence-electron chi connectivity index (χ3n) is 6.77. The number of hydrogen-bond donors (Lipinski definition) is 0. The van der Waals surface area contributed by atoms with E-state index >= 15 is 0 Å². The number of hydrogen-bond acceptors (Lipinski definition) is 5. The molecule has 1 saturated carbocycles. The molecule has 32 heavy (non-hydrogen) atoms. The van der Waals surface area contributed by atoms with Crippen LogP contribution in [0.25, 0.3) is 16.6 Å². The summed E-state index contributed by atoms with van der Waals surface area (Å²) < 4.78 is 7.59. The average molecular weight is 432 g/mol. The number of nitrogens with zero attached hydrogens (tertiary/aromatic N) is 5. The fourth-order valence-corrected chi connectivity index (χ4v) is 5.17. The molecule has 0 unspecified atom stereocenters. The summed E-state index contributed by atoms with van der Waals surface area (Å²) in [5.74, 6) is 0.609. The third-order valence-corrected chi connectivity index (χ3v) is 6.77. The maximum Gasteiger partial charge on any atom is 0.410 e. The number of carbonyl (C=O) groups is 1. The lowest BCUT2D eigenvalue weighted by atomic mass is 9.72. The van der Waals surface area contributed by atoms with Gasteiger partial charge in [-0.15, -0.1) is 0 Å². The lowest BCUT2D eigenvalue weighted by molar-refractivity contribution is -0.0453. The van der Waals surface area contributed by atoms with Crippen molar-refractivity contribution in [2.75, 3.05) is 31.1 Å². The highest BCUT2D eigenvalue weighted by molar-refractivity contribution is 5.76. The first-order chi connectivity index (χ1) is 15.3. The molecule has 0 bridgehead atoms. The fourth-order valence-electron chi connectivity index (χ4n) is 5.17. The van der Waals surface area contributed by atoms with Crippen LogP contribution in [-0.2, 0) is 4.74 Å². The van der Waals surface area contributed by atoms with Crippen LogP contribution in [0.2, 0.25) is 0 Å². The van der Waals surface area contributed by atoms with E-state index in [4.69, 9.17) is 4.74 Å². The van der Waals surface area contributed by atoms with Crippen LogP contribution in [0.1, 0.15) is 45.1 Å². The van der Waals surface area contributed by atoms with E-state index in [2.05, 4.69) is 37.6 Å². The first-order valence-corrected chi connectivity index (χ1v) is 11.4. The van der Waals surface area contributed by atoms with Crippen molar-refractivity contribution >= 4 is 17.3 Å². The second kappa shape index (κ2) is 6.70. The summed E-state index contributed by atoms with van der Waals surface area (Å²) in [6, 6.07) is 4.29. The van der Waals surface area contributed by atoms with E-state index in [-0.39, 0.29) is 11.5 Å². The number of amides is 1. The van der Waals surface area contributed by atoms with Gasteiger partial charge < -0.3 is 18.9 Å². The quantitative estimate of drug-likeness (QED) is 0.618. The molecule has 6 rings (SSSR count). The van der Waals surface area contributed by atoms with Crippen molar-refractivity contribution in [3.63, 3.8) is 0 Å². The molecule has 3 aromatic heterocycles. The van der Waals surface area contributed by atoms with Gasteiger partial charge in [0.25, 0.3) is 0 Å². The molecule has 7 heteroatoms. The van der Waals surface area contributed by atoms with Crippen molar-refractivity contribution in [1.82, 2.24) is 19.3 Å². The predicted octanol–water partition coefficient (Wildman–Crippen LogP) is 4.33. The summed E-state index contributed by atoms with van der Waals surface area (Å²) in [4.78, 5) is 25.5. The van der Waals surface area contributed by atoms with Gasteiger partial charge in [-0.25, -0.2) is 9.78 Å². The summed E-state index contributed by atoms with van der Waals surface area (Å²) in [6.45, 7) is 9.24. The maximum absolute atomic E-state index is 12.3. The molecule has 0 radical (unpaired) electrons. The highest BCUT2D eigenvalue weighted by atomic mass is 16.6. The number of ether oxygens (including phenoxy) is 1. The SMILES string of the molecule is CC(C)(C)OC(=O)N1CC2(C1)CN(c1cncc(-c3ccc4cncn4c3)c1C1CC1)C2. The van der Waals surface area contributed by atoms with Crippen LogP contribution in [0, 0.1) is 5.41 Å². The molecule has 5 heterocycles. The van der Waals surface area contributed by atoms with Gasteiger partial charge in [-0.05, 0) is 51.2 Å². The van der Waals surface area contributed by atoms with Crippen molar-refractivity contribution in [3.05, 3.63) is 48.8 Å². The van der Waals surface area contributed by atoms with E-state index in [1.165, 1.54) is 35.2 Å². The average Bonchev–Trinajstić information content (AvgIpc) is 3.40. The van der Waals surface area contributed by atoms with Crippen molar-refractivity contribution < 1.29 is 9.53 Å². The van der Waals surface area contributed by atoms with Crippen molar-refractivity contribution in [1.29, 1.82) is 0 Å². The lowest BCUT2D eigenvalue weighted by Gasteiger charge is -2.60. The summed E-state index contributed by atoms with van der Waals surface area (Å²) in [6.07, 6.45) is 12.2. The van der Waals surface area contributed by atoms with Crippen LogP contribution in [0.15, 0.2) is 43.2 Å². The molecule has 2 saturated heterocycles. The number of pyridine rings is 2. The minimum absolute atomic E-state index is 0.196. The molecule has 1 aliphatic carbocycles. The van der Waals surface area contributed by atoms with Gasteiger partial charge in [-0.2, -0.15) is 0 Å². The normalized spacial score (nSPS) is 19.7. The first-order valence-electron chi connectivity index (χ1n) is 11.4. The molecule has 3 fully saturated rings. The monoisotopic (exact) mass is 431 g/mol. The number of likely N-dealkylation sites (tertiary alicyclic amines) is 1. The fraction of sp³-hybridized carbons (Fsp3) is 0.480. The number of carbonyl (C=O) groups excluding carboxylic acids is 1. The van der Waals surface area contributed by atoms with Gasteiger partial charge in [0, 0.05) is 55.1 Å². The Kier molecular flexibility index (Phi) is 4.10. The summed E-state index contributed by atoms with van der Waals surface area (Å²) in [7, 11) is 0. The molecule has 3 aliphatic rings. The van der Waals surface area contributed by atoms with Crippen LogP contribution in [-0.4, -0.2) is 57.1 Å². The Hall–Kier alpha value is -3.09. The molecule has 0 N–H and O–H groups in total. The van der Waals surface area contributed by atoms with Crippen LogP contribution in [0.5, 0.6) is 0 Å². The van der Waals surface area contributed by atoms with E-state index in [1.807, 2.05) is 50.6 Å². The largest absolute Gasteiger partial charge is 0.444 e. The second-order valence-corrected chi connectivity index (χ2v) is 10.7. The molecule has 3 aromatic rings. The Balaban J connectivity index is 1.22. The standard InChI is InChI=1S/C25H29N5O2/c1-24(2,3)32-23(31)30-14-25(15-30)12-29(13-25)21-10-26-9-20(22(21)17-4-5-17)18-6-7-19-8-27-16-28(19)11-18/h6-11,16-17H,4-5,12-15H2,1-3H3. The van der Waals surface area contributed by atoms with Gasteiger partial charge in [-0.1, -0.05) is 6.07 Å². The first kappa shape index (κ1) is 19.6. The molecular weight excluding hydrogens is 402 g/mol. The van der Waals surface area contributed by atoms with Crippen molar-refractivity contribution in [2.24, 2.45) is 5.41 Å². The maximum atomic E-state index is 12.3. The molecule has 166 valence electrons. The molecule has 1 amide bonds. The third kappa shape index (κ3) is 3.31. The molecule has 7 nitrogen and oxygen atoms in total. The molecular formula is C25H29N5O2. The zero-order valence-corrected chi connectivity index (χ0v) is 18.9. The number of imidazole rings is 1. The van der Waals surface area contributed by atoms with Crippen molar-refractivity contribution in [2.45, 2.75) is 45.1 Å². The van der Waals surface area contributed by atoms with E-state index in [9.17, 15) is 4.79 Å². The Labute approximate surface area is 188 Å². The van der Waals surface area contributed by atoms with Gasteiger partial charge in [-0.3, -0.25) is 4.98 Å². The van der Waals surface area contributed by atoms with Gasteiger partial charge in [0.15, 0.2) is 0 Å². The minimum Gasteiger partial charge on any atom is -0.444 e. The summed E-state index contributed by atoms with van der Waals surface area (Å²) in [5.41, 5.74) is 5.94. The Bertz CT molecular complexity index is 1190. The van der Waals surface area contributed by atoms with Crippen LogP contribution in [0.4, 0.5) is 10.5 Å². The molecule has 0 atom stereocenters. The zero-order valence-electron chi connectivity index (χ0n) is 18.9. The highest BCUT2D eigenvalue weighted by Gasteiger charge is 2.54. The lowest BCUT2D eigenvalue weighted by Crippen LogP contribution is -2.73. The van der Waals surface area contributed by atoms with Crippen LogP contribution < -0.4 is 4.90 Å². The van der Waals surface area contributed by atoms with Gasteiger partial charge in [0.2, 0.25) is 0 Å². The van der Waals surface area contributed by atoms with E-state index in [0.717, 1.165) is 31.7 Å². The van der Waals surface area contributed by atoms with Crippen molar-refractivity contribution in [3.8, 4) is 11.1 Å². The van der Waals surface area contributed by atoms with E-state index < -0.39 is 5.60 Å². The summed E-state index contributed by atoms with van der Waals surface area (Å²) in [5, 5.41) is 0. The number of fused-ring (bicyclic) bond motifs is 1. The Morgan fingerprint density at radius 3 is 2.56 bits per heavy atom. The highest BCUT2D eigenvalue weighted by Crippen LogP contribution is 2.51. The van der Waals surface area contributed by atoms with Crippen LogP contribution in [0.3, 0.4) is 0 Å². The number of anilines is 1. The minimum atomic E-state index is -0.448. The molecule has 1 spiro atoms.